The smallest absolute Gasteiger partial charge is 0.255 e. The molecule has 0 spiro atoms. The van der Waals surface area contributed by atoms with E-state index in [0.717, 1.165) is 44.7 Å². The molecule has 1 amide bonds. The summed E-state index contributed by atoms with van der Waals surface area (Å²) >= 11 is 0. The highest BCUT2D eigenvalue weighted by Gasteiger charge is 2.64. The molecule has 6 atom stereocenters. The Morgan fingerprint density at radius 2 is 1.67 bits per heavy atom. The minimum Gasteiger partial charge on any atom is -0.508 e. The molecule has 0 aromatic heterocycles. The Bertz CT molecular complexity index is 1590. The lowest BCUT2D eigenvalue weighted by Gasteiger charge is -2.50. The molecule has 2 heterocycles. The third kappa shape index (κ3) is 5.93. The number of carbonyl (C=O) groups is 3. The van der Waals surface area contributed by atoms with Crippen LogP contribution in [-0.4, -0.2) is 137 Å². The van der Waals surface area contributed by atoms with E-state index in [1.54, 1.807) is 14.1 Å². The van der Waals surface area contributed by atoms with Crippen molar-refractivity contribution in [1.82, 2.24) is 14.7 Å². The largest absolute Gasteiger partial charge is 0.508 e. The minimum absolute atomic E-state index is 0. The van der Waals surface area contributed by atoms with Gasteiger partial charge in [0.25, 0.3) is 5.91 Å². The monoisotopic (exact) mass is 683 g/mol. The number of amides is 1. The van der Waals surface area contributed by atoms with Crippen LogP contribution in [0.5, 0.6) is 5.75 Å². The predicted octanol–water partition coefficient (Wildman–Crippen LogP) is 1.74. The highest BCUT2D eigenvalue weighted by atomic mass is 16.5. The van der Waals surface area contributed by atoms with Crippen LogP contribution in [0.3, 0.4) is 0 Å². The summed E-state index contributed by atoms with van der Waals surface area (Å²) in [6.45, 7) is 8.16. The van der Waals surface area contributed by atoms with E-state index >= 15 is 0 Å². The number of piperidine rings is 1. The number of phenolic OH excluding ortho intramolecular Hbond substituents is 1. The van der Waals surface area contributed by atoms with Crippen molar-refractivity contribution in [3.05, 3.63) is 39.7 Å². The number of likely N-dealkylation sites (tertiary alicyclic amines) is 1. The number of nitrogens with two attached hydrogens (primary N) is 1. The Labute approximate surface area is 288 Å². The molecule has 49 heavy (non-hydrogen) atoms. The molecule has 5 aliphatic rings. The summed E-state index contributed by atoms with van der Waals surface area (Å²) in [5, 5.41) is 46.6. The molecule has 1 aromatic rings. The van der Waals surface area contributed by atoms with E-state index in [2.05, 4.69) is 23.6 Å². The Balaban J connectivity index is 0.00000468. The van der Waals surface area contributed by atoms with Crippen LogP contribution < -0.4 is 10.6 Å². The fourth-order valence-electron chi connectivity index (χ4n) is 9.06. The van der Waals surface area contributed by atoms with Gasteiger partial charge in [-0.05, 0) is 84.3 Å². The average Bonchev–Trinajstić information content (AvgIpc) is 2.99. The van der Waals surface area contributed by atoms with Gasteiger partial charge < -0.3 is 35.8 Å². The number of phenols is 1. The number of anilines is 1. The normalized spacial score (nSPS) is 31.3. The molecule has 1 saturated carbocycles. The molecular weight excluding hydrogens is 630 g/mol. The van der Waals surface area contributed by atoms with Gasteiger partial charge in [-0.1, -0.05) is 7.43 Å². The second-order valence-corrected chi connectivity index (χ2v) is 14.8. The molecule has 270 valence electrons. The number of morpholine rings is 1. The van der Waals surface area contributed by atoms with Gasteiger partial charge in [-0.25, -0.2) is 0 Å². The summed E-state index contributed by atoms with van der Waals surface area (Å²) in [5.74, 6) is -6.46. The van der Waals surface area contributed by atoms with Crippen molar-refractivity contribution < 1.29 is 39.5 Å². The van der Waals surface area contributed by atoms with Crippen molar-refractivity contribution in [2.75, 3.05) is 59.3 Å². The third-order valence-corrected chi connectivity index (χ3v) is 11.2. The maximum Gasteiger partial charge on any atom is 0.255 e. The molecule has 1 aromatic carbocycles. The zero-order valence-corrected chi connectivity index (χ0v) is 28.7. The number of benzene rings is 1. The Morgan fingerprint density at radius 1 is 1.06 bits per heavy atom. The summed E-state index contributed by atoms with van der Waals surface area (Å²) in [6, 6.07) is 1.28. The predicted molar refractivity (Wildman–Crippen MR) is 185 cm³/mol. The molecular formula is C36H53N5O8. The van der Waals surface area contributed by atoms with Gasteiger partial charge in [-0.15, -0.1) is 0 Å². The number of rotatable bonds is 6. The summed E-state index contributed by atoms with van der Waals surface area (Å²) in [6.07, 6.45) is 2.67. The van der Waals surface area contributed by atoms with Gasteiger partial charge in [0.05, 0.1) is 23.8 Å². The first-order valence-electron chi connectivity index (χ1n) is 16.9. The van der Waals surface area contributed by atoms with Gasteiger partial charge >= 0.3 is 0 Å². The Hall–Kier alpha value is -3.49. The van der Waals surface area contributed by atoms with Gasteiger partial charge in [0.1, 0.15) is 22.8 Å². The number of carbonyl (C=O) groups excluding carboxylic acids is 3. The fraction of sp³-hybridized carbons (Fsp3) is 0.639. The third-order valence-electron chi connectivity index (χ3n) is 11.2. The lowest BCUT2D eigenvalue weighted by atomic mass is 9.57. The van der Waals surface area contributed by atoms with Gasteiger partial charge in [0.15, 0.2) is 11.4 Å². The second-order valence-electron chi connectivity index (χ2n) is 14.8. The van der Waals surface area contributed by atoms with Crippen LogP contribution >= 0.6 is 0 Å². The number of ketones is 2. The molecule has 0 bridgehead atoms. The lowest BCUT2D eigenvalue weighted by Crippen LogP contribution is -2.65. The molecule has 3 aliphatic carbocycles. The maximum absolute atomic E-state index is 14.3. The Morgan fingerprint density at radius 3 is 2.22 bits per heavy atom. The number of ether oxygens (including phenoxy) is 1. The maximum atomic E-state index is 14.3. The molecule has 2 unspecified atom stereocenters. The second kappa shape index (κ2) is 13.3. The van der Waals surface area contributed by atoms with Crippen LogP contribution in [0.1, 0.15) is 57.2 Å². The standard InChI is InChI=1S/C35H49N5O8.CH4/c1-17-14-40(15-18(2)48-17)21-7-9-39(10-8-21)16-20-13-24(37(3)4)22-11-19-12-23-28(38(5)6)31(43)27(34(36)46)33(45)35(23,47)32(44)25(19)30(42)26(22)29(20)41;/h13,17-19,21,23,28,41-42,45,47H,7-12,14-16H2,1-6H3,(H2,36,46);1H4/t17?,18?,19-,23-,28-,35-;/m0./s1. The number of primary amides is 1. The van der Waals surface area contributed by atoms with E-state index in [9.17, 15) is 34.8 Å². The van der Waals surface area contributed by atoms with Gasteiger partial charge in [0.2, 0.25) is 5.78 Å². The van der Waals surface area contributed by atoms with Crippen LogP contribution in [0.15, 0.2) is 23.0 Å². The first kappa shape index (κ1) is 36.8. The molecule has 13 heteroatoms. The van der Waals surface area contributed by atoms with E-state index in [4.69, 9.17) is 10.5 Å². The molecule has 6 rings (SSSR count). The van der Waals surface area contributed by atoms with E-state index < -0.39 is 58.0 Å². The lowest BCUT2D eigenvalue weighted by molar-refractivity contribution is -0.153. The van der Waals surface area contributed by atoms with Crippen molar-refractivity contribution in [2.45, 2.75) is 83.4 Å². The summed E-state index contributed by atoms with van der Waals surface area (Å²) < 4.78 is 5.92. The van der Waals surface area contributed by atoms with Crippen LogP contribution in [0, 0.1) is 11.8 Å². The molecule has 6 N–H and O–H groups in total. The van der Waals surface area contributed by atoms with Crippen molar-refractivity contribution in [3.63, 3.8) is 0 Å². The van der Waals surface area contributed by atoms with Crippen LogP contribution in [0.4, 0.5) is 5.69 Å². The van der Waals surface area contributed by atoms with Gasteiger partial charge in [0, 0.05) is 62.5 Å². The van der Waals surface area contributed by atoms with Crippen LogP contribution in [-0.2, 0) is 32.1 Å². The van der Waals surface area contributed by atoms with Crippen LogP contribution in [0.2, 0.25) is 0 Å². The molecule has 2 aliphatic heterocycles. The highest BCUT2D eigenvalue weighted by molar-refractivity contribution is 6.24. The van der Waals surface area contributed by atoms with Crippen molar-refractivity contribution in [1.29, 1.82) is 0 Å². The van der Waals surface area contributed by atoms with E-state index in [1.165, 1.54) is 4.90 Å². The number of aromatic hydroxyl groups is 1. The Kier molecular flexibility index (Phi) is 10.0. The number of likely N-dealkylation sites (N-methyl/N-ethyl adjacent to an activating group) is 1. The van der Waals surface area contributed by atoms with E-state index in [0.29, 0.717) is 23.7 Å². The number of nitrogens with zero attached hydrogens (tertiary/aromatic N) is 4. The highest BCUT2D eigenvalue weighted by Crippen LogP contribution is 2.54. The van der Waals surface area contributed by atoms with Crippen molar-refractivity contribution in [3.8, 4) is 5.75 Å². The SMILES string of the molecule is C.CC1CN(C2CCN(Cc3cc(N(C)C)c4c(c3O)C(O)=C3C(=O)[C@]5(O)C(O)=C(C(N)=O)C(=O)[C@@H](N(C)C)[C@@H]5C[C@@H]3C4)CC2)CC(C)O1. The van der Waals surface area contributed by atoms with Crippen molar-refractivity contribution in [2.24, 2.45) is 17.6 Å². The van der Waals surface area contributed by atoms with E-state index in [1.807, 2.05) is 25.1 Å². The number of hydrogen-bond donors (Lipinski definition) is 5. The van der Waals surface area contributed by atoms with Crippen molar-refractivity contribution >= 4 is 28.9 Å². The summed E-state index contributed by atoms with van der Waals surface area (Å²) in [5.41, 5.74) is 3.98. The topological polar surface area (TPSA) is 180 Å². The zero-order chi connectivity index (χ0) is 35.0. The molecule has 0 radical (unpaired) electrons. The van der Waals surface area contributed by atoms with Gasteiger partial charge in [-0.2, -0.15) is 0 Å². The molecule has 13 nitrogen and oxygen atoms in total. The van der Waals surface area contributed by atoms with Gasteiger partial charge in [-0.3, -0.25) is 29.1 Å². The number of hydrogen-bond acceptors (Lipinski definition) is 12. The minimum atomic E-state index is -2.66. The first-order valence-corrected chi connectivity index (χ1v) is 16.9. The quantitative estimate of drug-likeness (QED) is 0.275. The van der Waals surface area contributed by atoms with E-state index in [-0.39, 0.29) is 49.4 Å². The zero-order valence-electron chi connectivity index (χ0n) is 28.7. The van der Waals surface area contributed by atoms with Crippen LogP contribution in [0.25, 0.3) is 5.76 Å². The number of fused-ring (bicyclic) bond motifs is 3. The average molecular weight is 684 g/mol. The first-order chi connectivity index (χ1) is 22.6. The number of Topliss-reactive ketones (excluding diaryl/α,β-unsaturated/α-hetero) is 2. The fourth-order valence-corrected chi connectivity index (χ4v) is 9.06. The number of aliphatic hydroxyl groups excluding tert-OH is 2. The summed E-state index contributed by atoms with van der Waals surface area (Å²) in [7, 11) is 6.93. The number of aliphatic hydroxyl groups is 3. The summed E-state index contributed by atoms with van der Waals surface area (Å²) in [4.78, 5) is 48.1. The molecule has 2 saturated heterocycles. The molecule has 3 fully saturated rings.